The van der Waals surface area contributed by atoms with Crippen molar-refractivity contribution >= 4 is 28.1 Å². The molecule has 0 heterocycles. The summed E-state index contributed by atoms with van der Waals surface area (Å²) < 4.78 is 10.6. The van der Waals surface area contributed by atoms with E-state index in [9.17, 15) is 0 Å². The quantitative estimate of drug-likeness (QED) is 0.596. The normalized spacial score (nSPS) is 11.3. The van der Waals surface area contributed by atoms with Crippen LogP contribution in [0.4, 0.5) is 0 Å². The Morgan fingerprint density at radius 3 is 1.44 bits per heavy atom. The van der Waals surface area contributed by atoms with E-state index >= 15 is 0 Å². The lowest BCUT2D eigenvalue weighted by Crippen LogP contribution is -2.19. The van der Waals surface area contributed by atoms with E-state index < -0.39 is 18.1 Å². The summed E-state index contributed by atoms with van der Waals surface area (Å²) in [5.74, 6) is 0. The number of hydrogen-bond donors (Lipinski definition) is 0. The summed E-state index contributed by atoms with van der Waals surface area (Å²) in [6, 6.07) is 0. The van der Waals surface area contributed by atoms with E-state index in [1.165, 1.54) is 0 Å². The van der Waals surface area contributed by atoms with Gasteiger partial charge in [-0.25, -0.2) is 0 Å². The lowest BCUT2D eigenvalue weighted by atomic mass is 11.9. The van der Waals surface area contributed by atoms with Gasteiger partial charge < -0.3 is 8.23 Å². The van der Waals surface area contributed by atoms with Crippen LogP contribution in [0.1, 0.15) is 0 Å². The van der Waals surface area contributed by atoms with Crippen molar-refractivity contribution in [3.63, 3.8) is 0 Å². The minimum absolute atomic E-state index is 0.283. The molecule has 9 heavy (non-hydrogen) atoms. The van der Waals surface area contributed by atoms with Crippen molar-refractivity contribution in [2.75, 3.05) is 0 Å². The van der Waals surface area contributed by atoms with Gasteiger partial charge in [0.2, 0.25) is 0 Å². The number of rotatable bonds is 4. The second kappa shape index (κ2) is 5.36. The number of hydrogen-bond acceptors (Lipinski definition) is 2. The summed E-state index contributed by atoms with van der Waals surface area (Å²) >= 11 is 0. The minimum atomic E-state index is -0.527. The average molecular weight is 176 g/mol. The van der Waals surface area contributed by atoms with Crippen LogP contribution in [0, 0.1) is 0 Å². The zero-order chi connectivity index (χ0) is 7.28. The fourth-order valence-electron chi connectivity index (χ4n) is 0.188. The lowest BCUT2D eigenvalue weighted by Gasteiger charge is -2.05. The Kier molecular flexibility index (Phi) is 5.70. The van der Waals surface area contributed by atoms with Gasteiger partial charge in [-0.2, -0.15) is 0 Å². The van der Waals surface area contributed by atoms with Crippen molar-refractivity contribution in [3.05, 3.63) is 0 Å². The highest BCUT2D eigenvalue weighted by Gasteiger charge is 2.01. The van der Waals surface area contributed by atoms with Gasteiger partial charge in [-0.3, -0.25) is 0 Å². The predicted octanol–water partition coefficient (Wildman–Crippen LogP) is 1.06. The van der Waals surface area contributed by atoms with E-state index in [0.29, 0.717) is 0 Å². The maximum absolute atomic E-state index is 5.29. The van der Waals surface area contributed by atoms with Crippen LogP contribution in [-0.4, -0.2) is 28.1 Å². The first-order valence-corrected chi connectivity index (χ1v) is 8.45. The Balaban J connectivity index is 2.91. The molecule has 0 amide bonds. The molecule has 2 nitrogen and oxygen atoms in total. The summed E-state index contributed by atoms with van der Waals surface area (Å²) in [4.78, 5) is 0. The molecule has 0 spiro atoms. The van der Waals surface area contributed by atoms with Crippen molar-refractivity contribution in [2.24, 2.45) is 0 Å². The van der Waals surface area contributed by atoms with Gasteiger partial charge in [0.05, 0.1) is 0 Å². The molecule has 0 aliphatic rings. The van der Waals surface area contributed by atoms with E-state index in [1.807, 2.05) is 0 Å². The van der Waals surface area contributed by atoms with Crippen LogP contribution in [-0.2, 0) is 8.23 Å². The monoisotopic (exact) mass is 176 g/mol. The molecule has 0 aliphatic heterocycles. The zero-order valence-corrected chi connectivity index (χ0v) is 9.32. The van der Waals surface area contributed by atoms with Crippen LogP contribution in [0.25, 0.3) is 0 Å². The van der Waals surface area contributed by atoms with Crippen molar-refractivity contribution in [2.45, 2.75) is 26.2 Å². The summed E-state index contributed by atoms with van der Waals surface area (Å²) in [5, 5.41) is 0. The predicted molar refractivity (Wildman–Crippen MR) is 42.9 cm³/mol. The van der Waals surface area contributed by atoms with Gasteiger partial charge in [-0.1, -0.05) is 0 Å². The third-order valence-electron chi connectivity index (χ3n) is 0.492. The van der Waals surface area contributed by atoms with Gasteiger partial charge in [0, 0.05) is 0 Å². The van der Waals surface area contributed by atoms with Crippen LogP contribution in [0.5, 0.6) is 0 Å². The summed E-state index contributed by atoms with van der Waals surface area (Å²) in [7, 11) is -0.770. The van der Waals surface area contributed by atoms with E-state index in [2.05, 4.69) is 26.2 Å². The molecule has 0 atom stereocenters. The molecule has 0 saturated carbocycles. The topological polar surface area (TPSA) is 18.5 Å². The van der Waals surface area contributed by atoms with Crippen molar-refractivity contribution in [3.8, 4) is 0 Å². The van der Waals surface area contributed by atoms with E-state index in [1.54, 1.807) is 0 Å². The molecule has 5 heteroatoms. The molecule has 52 valence electrons. The van der Waals surface area contributed by atoms with Crippen LogP contribution < -0.4 is 0 Å². The largest absolute Gasteiger partial charge is 0.435 e. The molecule has 0 unspecified atom stereocenters. The summed E-state index contributed by atoms with van der Waals surface area (Å²) in [6.07, 6.45) is 0. The van der Waals surface area contributed by atoms with Crippen molar-refractivity contribution < 1.29 is 8.23 Å². The summed E-state index contributed by atoms with van der Waals surface area (Å²) in [5.41, 5.74) is 0. The van der Waals surface area contributed by atoms with E-state index in [0.717, 1.165) is 0 Å². The maximum atomic E-state index is 5.29. The van der Waals surface area contributed by atoms with Crippen LogP contribution >= 0.6 is 0 Å². The SMILES string of the molecule is C[Si](C)O[Si]O[Si](C)C. The minimum Gasteiger partial charge on any atom is -0.435 e. The van der Waals surface area contributed by atoms with Gasteiger partial charge in [0.25, 0.3) is 0 Å². The fraction of sp³-hybridized carbons (Fsp3) is 1.00. The Morgan fingerprint density at radius 1 is 0.889 bits per heavy atom. The molecule has 0 aliphatic carbocycles. The molecule has 0 aromatic heterocycles. The lowest BCUT2D eigenvalue weighted by molar-refractivity contribution is 0.479. The Labute approximate surface area is 63.1 Å². The molecule has 0 aromatic carbocycles. The Morgan fingerprint density at radius 2 is 1.22 bits per heavy atom. The maximum Gasteiger partial charge on any atom is 0.409 e. The van der Waals surface area contributed by atoms with E-state index in [-0.39, 0.29) is 10.0 Å². The molecule has 0 N–H and O–H groups in total. The fourth-order valence-corrected chi connectivity index (χ4v) is 2.06. The second-order valence-electron chi connectivity index (χ2n) is 2.10. The second-order valence-corrected chi connectivity index (χ2v) is 7.54. The first kappa shape index (κ1) is 9.57. The molecule has 0 saturated heterocycles. The third-order valence-corrected chi connectivity index (χ3v) is 4.42. The zero-order valence-electron chi connectivity index (χ0n) is 6.32. The van der Waals surface area contributed by atoms with Crippen LogP contribution in [0.3, 0.4) is 0 Å². The summed E-state index contributed by atoms with van der Waals surface area (Å²) in [6.45, 7) is 8.44. The highest BCUT2D eigenvalue weighted by Crippen LogP contribution is 1.85. The molecule has 0 aromatic rings. The van der Waals surface area contributed by atoms with Gasteiger partial charge in [-0.05, 0) is 26.2 Å². The van der Waals surface area contributed by atoms with Gasteiger partial charge in [0.15, 0.2) is 18.1 Å². The molecule has 0 rings (SSSR count). The van der Waals surface area contributed by atoms with Gasteiger partial charge >= 0.3 is 10.0 Å². The van der Waals surface area contributed by atoms with Crippen molar-refractivity contribution in [1.82, 2.24) is 0 Å². The standard InChI is InChI=1S/C4H12O2Si3/c1-8(2)5-7-6-9(3)4/h1-4H3. The molecule has 4 radical (unpaired) electrons. The smallest absolute Gasteiger partial charge is 0.409 e. The van der Waals surface area contributed by atoms with Crippen molar-refractivity contribution in [1.29, 1.82) is 0 Å². The Bertz CT molecular complexity index is 58.8. The van der Waals surface area contributed by atoms with Gasteiger partial charge in [-0.15, -0.1) is 0 Å². The third kappa shape index (κ3) is 8.57. The highest BCUT2D eigenvalue weighted by molar-refractivity contribution is 6.59. The highest BCUT2D eigenvalue weighted by atomic mass is 28.4. The molecular formula is C4H12O2Si3. The van der Waals surface area contributed by atoms with Crippen LogP contribution in [0.2, 0.25) is 26.2 Å². The molecular weight excluding hydrogens is 164 g/mol. The van der Waals surface area contributed by atoms with E-state index in [4.69, 9.17) is 8.23 Å². The van der Waals surface area contributed by atoms with Crippen LogP contribution in [0.15, 0.2) is 0 Å². The molecule has 0 bridgehead atoms. The first-order chi connectivity index (χ1) is 4.13. The molecule has 0 fully saturated rings. The first-order valence-electron chi connectivity index (χ1n) is 2.82. The average Bonchev–Trinajstić information content (AvgIpc) is 1.63. The van der Waals surface area contributed by atoms with Gasteiger partial charge in [0.1, 0.15) is 0 Å². The Hall–Kier alpha value is 0.571.